The van der Waals surface area contributed by atoms with Gasteiger partial charge in [-0.2, -0.15) is 0 Å². The van der Waals surface area contributed by atoms with Gasteiger partial charge in [-0.15, -0.1) is 0 Å². The van der Waals surface area contributed by atoms with Crippen LogP contribution in [-0.2, 0) is 5.54 Å². The Morgan fingerprint density at radius 2 is 1.17 bits per heavy atom. The summed E-state index contributed by atoms with van der Waals surface area (Å²) in [6.45, 7) is 11.8. The third kappa shape index (κ3) is 2.85. The van der Waals surface area contributed by atoms with Crippen molar-refractivity contribution in [2.45, 2.75) is 59.4 Å². The lowest BCUT2D eigenvalue weighted by atomic mass is 9.79. The van der Waals surface area contributed by atoms with Crippen LogP contribution >= 0.6 is 0 Å². The van der Waals surface area contributed by atoms with Gasteiger partial charge in [0.05, 0.1) is 0 Å². The highest BCUT2D eigenvalue weighted by molar-refractivity contribution is 6.08. The van der Waals surface area contributed by atoms with Gasteiger partial charge in [0.15, 0.2) is 0 Å². The van der Waals surface area contributed by atoms with Crippen LogP contribution in [-0.4, -0.2) is 4.57 Å². The van der Waals surface area contributed by atoms with Crippen LogP contribution in [0.5, 0.6) is 0 Å². The van der Waals surface area contributed by atoms with Crippen LogP contribution in [0.2, 0.25) is 0 Å². The molecular weight excluding hydrogens is 290 g/mol. The molecule has 1 aromatic heterocycles. The summed E-state index contributed by atoms with van der Waals surface area (Å²) in [5.74, 6) is 1.37. The number of hydrogen-bond acceptors (Lipinski definition) is 0. The second-order valence-electron chi connectivity index (χ2n) is 8.14. The average Bonchev–Trinajstić information content (AvgIpc) is 2.88. The molecule has 0 fully saturated rings. The normalized spacial score (nSPS) is 12.8. The van der Waals surface area contributed by atoms with Crippen LogP contribution in [0.1, 0.15) is 53.9 Å². The van der Waals surface area contributed by atoms with Crippen LogP contribution in [0.15, 0.2) is 48.5 Å². The molecule has 0 spiro atoms. The molecule has 1 heterocycles. The fraction of sp³-hybridized carbons (Fsp3) is 0.478. The minimum Gasteiger partial charge on any atom is -0.334 e. The summed E-state index contributed by atoms with van der Waals surface area (Å²) in [7, 11) is 0. The maximum atomic E-state index is 2.68. The van der Waals surface area contributed by atoms with Gasteiger partial charge in [0.25, 0.3) is 0 Å². The topological polar surface area (TPSA) is 4.93 Å². The summed E-state index contributed by atoms with van der Waals surface area (Å²) in [5, 5.41) is 2.77. The van der Waals surface area contributed by atoms with E-state index in [0.29, 0.717) is 11.8 Å². The molecule has 0 bridgehead atoms. The van der Waals surface area contributed by atoms with Crippen LogP contribution in [0, 0.1) is 11.8 Å². The predicted octanol–water partition coefficient (Wildman–Crippen LogP) is 6.99. The summed E-state index contributed by atoms with van der Waals surface area (Å²) < 4.78 is 2.68. The Kier molecular flexibility index (Phi) is 4.71. The number of hydrogen-bond donors (Lipinski definition) is 0. The number of para-hydroxylation sites is 2. The van der Waals surface area contributed by atoms with Gasteiger partial charge >= 0.3 is 0 Å². The van der Waals surface area contributed by atoms with E-state index in [4.69, 9.17) is 0 Å². The first-order valence-electron chi connectivity index (χ1n) is 9.47. The molecule has 0 atom stereocenters. The van der Waals surface area contributed by atoms with Gasteiger partial charge in [-0.25, -0.2) is 0 Å². The smallest absolute Gasteiger partial charge is 0.0496 e. The van der Waals surface area contributed by atoms with Crippen molar-refractivity contribution in [3.05, 3.63) is 48.5 Å². The van der Waals surface area contributed by atoms with Crippen molar-refractivity contribution < 1.29 is 0 Å². The minimum atomic E-state index is 0.186. The molecule has 0 radical (unpaired) electrons. The molecule has 2 aromatic carbocycles. The summed E-state index contributed by atoms with van der Waals surface area (Å²) in [6.07, 6.45) is 3.63. The Morgan fingerprint density at radius 1 is 0.750 bits per heavy atom. The third-order valence-corrected chi connectivity index (χ3v) is 5.29. The molecule has 24 heavy (non-hydrogen) atoms. The van der Waals surface area contributed by atoms with Crippen LogP contribution in [0.3, 0.4) is 0 Å². The van der Waals surface area contributed by atoms with Gasteiger partial charge in [-0.1, -0.05) is 71.0 Å². The van der Waals surface area contributed by atoms with E-state index in [9.17, 15) is 0 Å². The van der Waals surface area contributed by atoms with Crippen molar-refractivity contribution in [1.29, 1.82) is 0 Å². The van der Waals surface area contributed by atoms with Crippen LogP contribution < -0.4 is 0 Å². The quantitative estimate of drug-likeness (QED) is 0.461. The largest absolute Gasteiger partial charge is 0.334 e. The van der Waals surface area contributed by atoms with E-state index in [1.54, 1.807) is 0 Å². The van der Waals surface area contributed by atoms with E-state index in [2.05, 4.69) is 87.7 Å². The number of nitrogens with zero attached hydrogens (tertiary/aromatic N) is 1. The van der Waals surface area contributed by atoms with E-state index < -0.39 is 0 Å². The summed E-state index contributed by atoms with van der Waals surface area (Å²) in [4.78, 5) is 0. The first-order chi connectivity index (χ1) is 11.5. The molecule has 0 aliphatic carbocycles. The molecule has 3 aromatic rings. The van der Waals surface area contributed by atoms with Crippen molar-refractivity contribution in [1.82, 2.24) is 4.57 Å². The zero-order valence-electron chi connectivity index (χ0n) is 15.8. The second kappa shape index (κ2) is 6.63. The first kappa shape index (κ1) is 17.1. The minimum absolute atomic E-state index is 0.186. The van der Waals surface area contributed by atoms with Crippen molar-refractivity contribution in [2.75, 3.05) is 0 Å². The van der Waals surface area contributed by atoms with E-state index in [1.807, 2.05) is 0 Å². The Labute approximate surface area is 146 Å². The first-order valence-corrected chi connectivity index (χ1v) is 9.47. The highest BCUT2D eigenvalue weighted by Crippen LogP contribution is 2.42. The molecule has 1 heteroatoms. The van der Waals surface area contributed by atoms with E-state index >= 15 is 0 Å². The monoisotopic (exact) mass is 321 g/mol. The van der Waals surface area contributed by atoms with E-state index in [-0.39, 0.29) is 5.54 Å². The zero-order chi connectivity index (χ0) is 17.3. The number of rotatable bonds is 6. The highest BCUT2D eigenvalue weighted by Gasteiger charge is 2.34. The van der Waals surface area contributed by atoms with Crippen molar-refractivity contribution in [3.63, 3.8) is 0 Å². The fourth-order valence-corrected chi connectivity index (χ4v) is 4.67. The lowest BCUT2D eigenvalue weighted by Crippen LogP contribution is -2.36. The molecule has 0 aliphatic heterocycles. The third-order valence-electron chi connectivity index (χ3n) is 5.29. The fourth-order valence-electron chi connectivity index (χ4n) is 4.67. The lowest BCUT2D eigenvalue weighted by Gasteiger charge is -2.39. The van der Waals surface area contributed by atoms with E-state index in [1.165, 1.54) is 41.1 Å². The Bertz CT molecular complexity index is 759. The predicted molar refractivity (Wildman–Crippen MR) is 107 cm³/mol. The Balaban J connectivity index is 2.37. The summed E-state index contributed by atoms with van der Waals surface area (Å²) in [5.41, 5.74) is 2.97. The molecule has 0 saturated carbocycles. The zero-order valence-corrected chi connectivity index (χ0v) is 15.8. The SMILES string of the molecule is CCC(CC(C)C)(CC(C)C)n1c2ccccc2c2ccccc21. The second-order valence-corrected chi connectivity index (χ2v) is 8.14. The van der Waals surface area contributed by atoms with Crippen molar-refractivity contribution in [3.8, 4) is 0 Å². The number of fused-ring (bicyclic) bond motifs is 3. The Hall–Kier alpha value is -1.76. The number of aromatic nitrogens is 1. The number of benzene rings is 2. The summed E-state index contributed by atoms with van der Waals surface area (Å²) >= 11 is 0. The van der Waals surface area contributed by atoms with Gasteiger partial charge < -0.3 is 4.57 Å². The van der Waals surface area contributed by atoms with Crippen molar-refractivity contribution >= 4 is 21.8 Å². The molecule has 0 amide bonds. The maximum absolute atomic E-state index is 2.68. The maximum Gasteiger partial charge on any atom is 0.0496 e. The molecule has 0 N–H and O–H groups in total. The lowest BCUT2D eigenvalue weighted by molar-refractivity contribution is 0.189. The molecule has 128 valence electrons. The van der Waals surface area contributed by atoms with Crippen molar-refractivity contribution in [2.24, 2.45) is 11.8 Å². The van der Waals surface area contributed by atoms with Gasteiger partial charge in [0.2, 0.25) is 0 Å². The standard InChI is InChI=1S/C23H31N/c1-6-23(15-17(2)3,16-18(4)5)24-21-13-9-7-11-19(21)20-12-8-10-14-22(20)24/h7-14,17-18H,6,15-16H2,1-5H3. The summed E-state index contributed by atoms with van der Waals surface area (Å²) in [6, 6.07) is 17.9. The molecule has 0 unspecified atom stereocenters. The molecule has 1 nitrogen and oxygen atoms in total. The van der Waals surface area contributed by atoms with Gasteiger partial charge in [-0.05, 0) is 43.2 Å². The van der Waals surface area contributed by atoms with Crippen LogP contribution in [0.25, 0.3) is 21.8 Å². The molecular formula is C23H31N. The van der Waals surface area contributed by atoms with Crippen LogP contribution in [0.4, 0.5) is 0 Å². The van der Waals surface area contributed by atoms with E-state index in [0.717, 1.165) is 0 Å². The average molecular weight is 322 g/mol. The molecule has 0 aliphatic rings. The Morgan fingerprint density at radius 3 is 1.54 bits per heavy atom. The van der Waals surface area contributed by atoms with Gasteiger partial charge in [-0.3, -0.25) is 0 Å². The van der Waals surface area contributed by atoms with Gasteiger partial charge in [0, 0.05) is 27.3 Å². The molecule has 0 saturated heterocycles. The highest BCUT2D eigenvalue weighted by atomic mass is 15.1. The van der Waals surface area contributed by atoms with Gasteiger partial charge in [0.1, 0.15) is 0 Å². The molecule has 3 rings (SSSR count).